The van der Waals surface area contributed by atoms with E-state index in [9.17, 15) is 14.4 Å². The van der Waals surface area contributed by atoms with Crippen molar-refractivity contribution in [2.45, 2.75) is 32.1 Å². The molecule has 1 aliphatic heterocycles. The molecule has 0 radical (unpaired) electrons. The van der Waals surface area contributed by atoms with Gasteiger partial charge >= 0.3 is 0 Å². The Morgan fingerprint density at radius 3 is 2.35 bits per heavy atom. The van der Waals surface area contributed by atoms with Crippen molar-refractivity contribution in [1.82, 2.24) is 4.90 Å². The Morgan fingerprint density at radius 2 is 1.62 bits per heavy atom. The fourth-order valence-electron chi connectivity index (χ4n) is 4.21. The average molecular weight is 350 g/mol. The zero-order chi connectivity index (χ0) is 18.1. The van der Waals surface area contributed by atoms with Crippen molar-refractivity contribution >= 4 is 34.2 Å². The maximum absolute atomic E-state index is 12.5. The summed E-state index contributed by atoms with van der Waals surface area (Å²) in [6, 6.07) is 13.6. The summed E-state index contributed by atoms with van der Waals surface area (Å²) in [6.45, 7) is 0.168. The standard InChI is InChI=1S/C21H22N2O3/c24-19(22-18-11-5-7-14-6-1-2-8-15(14)18)12-13-23-20(25)16-9-3-4-10-17(16)21(23)26/h1-2,5-8,11,16-17H,3-4,9-10,12-13H2,(H,22,24). The number of rotatable bonds is 4. The van der Waals surface area contributed by atoms with Gasteiger partial charge in [0.1, 0.15) is 0 Å². The average Bonchev–Trinajstić information content (AvgIpc) is 2.91. The first kappa shape index (κ1) is 16.8. The van der Waals surface area contributed by atoms with E-state index >= 15 is 0 Å². The van der Waals surface area contributed by atoms with Gasteiger partial charge in [0.2, 0.25) is 17.7 Å². The molecule has 3 amide bonds. The van der Waals surface area contributed by atoms with Crippen LogP contribution in [0, 0.1) is 11.8 Å². The van der Waals surface area contributed by atoms with Crippen LogP contribution in [0.25, 0.3) is 10.8 Å². The molecule has 4 rings (SSSR count). The summed E-state index contributed by atoms with van der Waals surface area (Å²) in [4.78, 5) is 38.6. The Kier molecular flexibility index (Phi) is 4.45. The summed E-state index contributed by atoms with van der Waals surface area (Å²) in [7, 11) is 0. The second kappa shape index (κ2) is 6.90. The lowest BCUT2D eigenvalue weighted by Crippen LogP contribution is -2.34. The van der Waals surface area contributed by atoms with Gasteiger partial charge in [0.05, 0.1) is 11.8 Å². The molecule has 1 saturated carbocycles. The predicted octanol–water partition coefficient (Wildman–Crippen LogP) is 3.34. The lowest BCUT2D eigenvalue weighted by atomic mass is 9.81. The number of imide groups is 1. The number of nitrogens with one attached hydrogen (secondary N) is 1. The first-order valence-electron chi connectivity index (χ1n) is 9.28. The summed E-state index contributed by atoms with van der Waals surface area (Å²) in [5.41, 5.74) is 0.751. The molecule has 134 valence electrons. The molecule has 2 aromatic rings. The van der Waals surface area contributed by atoms with Crippen molar-refractivity contribution in [3.63, 3.8) is 0 Å². The highest BCUT2D eigenvalue weighted by molar-refractivity contribution is 6.06. The Bertz CT molecular complexity index is 847. The molecule has 1 heterocycles. The smallest absolute Gasteiger partial charge is 0.233 e. The van der Waals surface area contributed by atoms with Gasteiger partial charge in [-0.25, -0.2) is 0 Å². The van der Waals surface area contributed by atoms with Gasteiger partial charge in [-0.05, 0) is 24.3 Å². The highest BCUT2D eigenvalue weighted by Crippen LogP contribution is 2.38. The Morgan fingerprint density at radius 1 is 0.962 bits per heavy atom. The molecule has 0 aromatic heterocycles. The second-order valence-corrected chi connectivity index (χ2v) is 7.15. The van der Waals surface area contributed by atoms with Crippen LogP contribution in [0.2, 0.25) is 0 Å². The van der Waals surface area contributed by atoms with Gasteiger partial charge in [-0.2, -0.15) is 0 Å². The molecule has 2 fully saturated rings. The lowest BCUT2D eigenvalue weighted by Gasteiger charge is -2.19. The van der Waals surface area contributed by atoms with Gasteiger partial charge in [-0.15, -0.1) is 0 Å². The van der Waals surface area contributed by atoms with Gasteiger partial charge in [0.15, 0.2) is 0 Å². The van der Waals surface area contributed by atoms with Crippen molar-refractivity contribution in [3.05, 3.63) is 42.5 Å². The minimum absolute atomic E-state index is 0.0855. The number of carbonyl (C=O) groups is 3. The number of hydrogen-bond donors (Lipinski definition) is 1. The van der Waals surface area contributed by atoms with Crippen molar-refractivity contribution in [1.29, 1.82) is 0 Å². The molecular formula is C21H22N2O3. The number of nitrogens with zero attached hydrogens (tertiary/aromatic N) is 1. The molecule has 5 heteroatoms. The SMILES string of the molecule is O=C(CCN1C(=O)C2CCCCC2C1=O)Nc1cccc2ccccc12. The molecule has 2 aromatic carbocycles. The molecule has 1 N–H and O–H groups in total. The third-order valence-electron chi connectivity index (χ3n) is 5.56. The molecule has 2 atom stereocenters. The first-order chi connectivity index (χ1) is 12.6. The van der Waals surface area contributed by atoms with Crippen LogP contribution in [0.3, 0.4) is 0 Å². The molecule has 1 aliphatic carbocycles. The van der Waals surface area contributed by atoms with Crippen molar-refractivity contribution in [2.75, 3.05) is 11.9 Å². The molecule has 2 unspecified atom stereocenters. The molecule has 0 spiro atoms. The summed E-state index contributed by atoms with van der Waals surface area (Å²) < 4.78 is 0. The van der Waals surface area contributed by atoms with Crippen LogP contribution in [0.5, 0.6) is 0 Å². The topological polar surface area (TPSA) is 66.5 Å². The van der Waals surface area contributed by atoms with E-state index in [1.165, 1.54) is 4.90 Å². The number of benzene rings is 2. The van der Waals surface area contributed by atoms with Gasteiger partial charge < -0.3 is 5.32 Å². The van der Waals surface area contributed by atoms with Crippen LogP contribution in [0.4, 0.5) is 5.69 Å². The van der Waals surface area contributed by atoms with E-state index in [-0.39, 0.29) is 42.5 Å². The van der Waals surface area contributed by atoms with Crippen LogP contribution >= 0.6 is 0 Å². The third kappa shape index (κ3) is 2.98. The largest absolute Gasteiger partial charge is 0.325 e. The number of hydrogen-bond acceptors (Lipinski definition) is 3. The van der Waals surface area contributed by atoms with Gasteiger partial charge in [0.25, 0.3) is 0 Å². The number of likely N-dealkylation sites (tertiary alicyclic amines) is 1. The van der Waals surface area contributed by atoms with Crippen LogP contribution in [-0.2, 0) is 14.4 Å². The summed E-state index contributed by atoms with van der Waals surface area (Å²) in [5.74, 6) is -0.665. The van der Waals surface area contributed by atoms with Crippen LogP contribution < -0.4 is 5.32 Å². The minimum atomic E-state index is -0.183. The molecular weight excluding hydrogens is 328 g/mol. The molecule has 1 saturated heterocycles. The summed E-state index contributed by atoms with van der Waals surface area (Å²) in [5, 5.41) is 4.94. The number of amides is 3. The minimum Gasteiger partial charge on any atom is -0.325 e. The predicted molar refractivity (Wildman–Crippen MR) is 99.4 cm³/mol. The number of anilines is 1. The number of fused-ring (bicyclic) bond motifs is 2. The number of carbonyl (C=O) groups excluding carboxylic acids is 3. The van der Waals surface area contributed by atoms with E-state index in [1.807, 2.05) is 42.5 Å². The zero-order valence-electron chi connectivity index (χ0n) is 14.6. The summed E-state index contributed by atoms with van der Waals surface area (Å²) >= 11 is 0. The molecule has 0 bridgehead atoms. The van der Waals surface area contributed by atoms with Gasteiger partial charge in [-0.3, -0.25) is 19.3 Å². The van der Waals surface area contributed by atoms with E-state index < -0.39 is 0 Å². The van der Waals surface area contributed by atoms with E-state index in [2.05, 4.69) is 5.32 Å². The zero-order valence-corrected chi connectivity index (χ0v) is 14.6. The Labute approximate surface area is 152 Å². The monoisotopic (exact) mass is 350 g/mol. The third-order valence-corrected chi connectivity index (χ3v) is 5.56. The maximum Gasteiger partial charge on any atom is 0.233 e. The van der Waals surface area contributed by atoms with E-state index in [0.717, 1.165) is 42.1 Å². The highest BCUT2D eigenvalue weighted by atomic mass is 16.2. The van der Waals surface area contributed by atoms with Gasteiger partial charge in [-0.1, -0.05) is 49.2 Å². The Balaban J connectivity index is 1.41. The van der Waals surface area contributed by atoms with Crippen molar-refractivity contribution in [2.24, 2.45) is 11.8 Å². The Hall–Kier alpha value is -2.69. The highest BCUT2D eigenvalue weighted by Gasteiger charge is 2.47. The summed E-state index contributed by atoms with van der Waals surface area (Å²) in [6.07, 6.45) is 3.74. The lowest BCUT2D eigenvalue weighted by molar-refractivity contribution is -0.140. The quantitative estimate of drug-likeness (QED) is 0.860. The first-order valence-corrected chi connectivity index (χ1v) is 9.28. The molecule has 5 nitrogen and oxygen atoms in total. The fraction of sp³-hybridized carbons (Fsp3) is 0.381. The molecule has 2 aliphatic rings. The normalized spacial score (nSPS) is 22.5. The van der Waals surface area contributed by atoms with Crippen molar-refractivity contribution < 1.29 is 14.4 Å². The van der Waals surface area contributed by atoms with Crippen molar-refractivity contribution in [3.8, 4) is 0 Å². The van der Waals surface area contributed by atoms with Gasteiger partial charge in [0, 0.05) is 24.0 Å². The van der Waals surface area contributed by atoms with Crippen LogP contribution in [0.15, 0.2) is 42.5 Å². The second-order valence-electron chi connectivity index (χ2n) is 7.15. The van der Waals surface area contributed by atoms with Crippen LogP contribution in [0.1, 0.15) is 32.1 Å². The maximum atomic E-state index is 12.5. The fourth-order valence-corrected chi connectivity index (χ4v) is 4.21. The molecule has 26 heavy (non-hydrogen) atoms. The van der Waals surface area contributed by atoms with Crippen LogP contribution in [-0.4, -0.2) is 29.2 Å². The van der Waals surface area contributed by atoms with E-state index in [1.54, 1.807) is 0 Å². The van der Waals surface area contributed by atoms with E-state index in [4.69, 9.17) is 0 Å². The van der Waals surface area contributed by atoms with E-state index in [0.29, 0.717) is 0 Å².